The molecule has 0 atom stereocenters. The Labute approximate surface area is 258 Å². The van der Waals surface area contributed by atoms with Crippen molar-refractivity contribution >= 4 is 42.3 Å². The van der Waals surface area contributed by atoms with Crippen molar-refractivity contribution in [1.29, 1.82) is 0 Å². The van der Waals surface area contributed by atoms with E-state index in [0.29, 0.717) is 40.7 Å². The van der Waals surface area contributed by atoms with Crippen molar-refractivity contribution < 1.29 is 21.9 Å². The summed E-state index contributed by atoms with van der Waals surface area (Å²) in [6, 6.07) is 21.9. The van der Waals surface area contributed by atoms with Gasteiger partial charge < -0.3 is 10.1 Å². The van der Waals surface area contributed by atoms with Crippen LogP contribution >= 0.6 is 0 Å². The van der Waals surface area contributed by atoms with Crippen LogP contribution in [0.2, 0.25) is 0 Å². The summed E-state index contributed by atoms with van der Waals surface area (Å²) in [6.45, 7) is 3.66. The van der Waals surface area contributed by atoms with Gasteiger partial charge in [0.2, 0.25) is 20.0 Å². The maximum atomic E-state index is 13.5. The Morgan fingerprint density at radius 2 is 1.61 bits per heavy atom. The molecule has 0 radical (unpaired) electrons. The lowest BCUT2D eigenvalue weighted by atomic mass is 10.0. The number of benzene rings is 3. The van der Waals surface area contributed by atoms with Gasteiger partial charge in [-0.2, -0.15) is 0 Å². The van der Waals surface area contributed by atoms with Crippen LogP contribution in [0.5, 0.6) is 5.88 Å². The highest BCUT2D eigenvalue weighted by Crippen LogP contribution is 2.33. The Kier molecular flexibility index (Phi) is 8.62. The molecule has 232 valence electrons. The number of fused-ring (bicyclic) bond motifs is 1. The minimum Gasteiger partial charge on any atom is -0.494 e. The van der Waals surface area contributed by atoms with Crippen LogP contribution in [0.25, 0.3) is 10.9 Å². The summed E-state index contributed by atoms with van der Waals surface area (Å²) in [4.78, 5) is 10.4. The summed E-state index contributed by atoms with van der Waals surface area (Å²) >= 11 is 0. The molecule has 0 saturated carbocycles. The first-order valence-electron chi connectivity index (χ1n) is 14.8. The molecule has 0 spiro atoms. The third-order valence-corrected chi connectivity index (χ3v) is 11.2. The van der Waals surface area contributed by atoms with E-state index in [1.54, 1.807) is 12.1 Å². The fourth-order valence-electron chi connectivity index (χ4n) is 6.02. The summed E-state index contributed by atoms with van der Waals surface area (Å²) in [6.07, 6.45) is 4.40. The largest absolute Gasteiger partial charge is 0.494 e. The van der Waals surface area contributed by atoms with E-state index in [9.17, 15) is 21.9 Å². The average molecular weight is 636 g/mol. The lowest BCUT2D eigenvalue weighted by Crippen LogP contribution is -2.46. The summed E-state index contributed by atoms with van der Waals surface area (Å²) in [5.74, 6) is -0.107. The van der Waals surface area contributed by atoms with Gasteiger partial charge in [0.1, 0.15) is 0 Å². The van der Waals surface area contributed by atoms with E-state index < -0.39 is 20.0 Å². The number of sulfonamides is 2. The molecule has 3 N–H and O–H groups in total. The van der Waals surface area contributed by atoms with Gasteiger partial charge in [-0.15, -0.1) is 0 Å². The monoisotopic (exact) mass is 635 g/mol. The number of aromatic hydroxyl groups is 1. The van der Waals surface area contributed by atoms with Gasteiger partial charge in [-0.1, -0.05) is 42.5 Å². The van der Waals surface area contributed by atoms with E-state index in [2.05, 4.69) is 26.7 Å². The Bertz CT molecular complexity index is 1870. The number of H-pyrrole nitrogens is 1. The number of nitrogens with one attached hydrogen (secondary N) is 2. The smallest absolute Gasteiger partial charge is 0.240 e. The Morgan fingerprint density at radius 3 is 2.27 bits per heavy atom. The van der Waals surface area contributed by atoms with E-state index in [4.69, 9.17) is 4.99 Å². The molecule has 2 saturated heterocycles. The van der Waals surface area contributed by atoms with Crippen LogP contribution in [-0.4, -0.2) is 80.3 Å². The summed E-state index contributed by atoms with van der Waals surface area (Å²) in [5, 5.41) is 11.7. The zero-order valence-electron chi connectivity index (χ0n) is 24.6. The van der Waals surface area contributed by atoms with Crippen LogP contribution in [0, 0.1) is 0 Å². The van der Waals surface area contributed by atoms with Crippen molar-refractivity contribution in [3.05, 3.63) is 89.5 Å². The second-order valence-corrected chi connectivity index (χ2v) is 15.3. The quantitative estimate of drug-likeness (QED) is 0.234. The lowest BCUT2D eigenvalue weighted by molar-refractivity contribution is 0.310. The van der Waals surface area contributed by atoms with Crippen molar-refractivity contribution in [2.24, 2.45) is 4.99 Å². The van der Waals surface area contributed by atoms with E-state index in [-0.39, 0.29) is 29.9 Å². The van der Waals surface area contributed by atoms with Crippen molar-refractivity contribution in [3.63, 3.8) is 0 Å². The molecule has 10 nitrogen and oxygen atoms in total. The molecule has 0 bridgehead atoms. The minimum atomic E-state index is -3.93. The third kappa shape index (κ3) is 6.74. The topological polar surface area (TPSA) is 135 Å². The molecule has 0 amide bonds. The molecule has 2 aliphatic heterocycles. The van der Waals surface area contributed by atoms with Crippen LogP contribution in [0.15, 0.2) is 82.7 Å². The predicted octanol–water partition coefficient (Wildman–Crippen LogP) is 4.34. The fourth-order valence-corrected chi connectivity index (χ4v) is 8.23. The van der Waals surface area contributed by atoms with Crippen molar-refractivity contribution in [2.75, 3.05) is 32.4 Å². The number of nitrogens with zero attached hydrogens (tertiary/aromatic N) is 3. The molecule has 12 heteroatoms. The van der Waals surface area contributed by atoms with Gasteiger partial charge >= 0.3 is 0 Å². The SMILES string of the molecule is CS(=O)(=O)N1CCC(NS(=O)(=O)c2ccc3[nH]c(O)c(C(=Nc4ccc(CN5CCCC5)cc4)c4ccccc4)c3c2)CC1. The van der Waals surface area contributed by atoms with Gasteiger partial charge in [0, 0.05) is 42.1 Å². The minimum absolute atomic E-state index is 0.0504. The van der Waals surface area contributed by atoms with Gasteiger partial charge in [-0.25, -0.2) is 30.9 Å². The second kappa shape index (κ2) is 12.4. The maximum Gasteiger partial charge on any atom is 0.240 e. The number of aromatic amines is 1. The number of hydrogen-bond donors (Lipinski definition) is 3. The second-order valence-electron chi connectivity index (χ2n) is 11.6. The normalized spacial score (nSPS) is 17.9. The molecule has 0 aliphatic carbocycles. The van der Waals surface area contributed by atoms with Gasteiger partial charge in [-0.05, 0) is 74.7 Å². The highest BCUT2D eigenvalue weighted by Gasteiger charge is 2.29. The van der Waals surface area contributed by atoms with Gasteiger partial charge in [0.15, 0.2) is 5.88 Å². The molecule has 1 aromatic heterocycles. The van der Waals surface area contributed by atoms with E-state index in [0.717, 1.165) is 31.5 Å². The van der Waals surface area contributed by atoms with Crippen LogP contribution in [0.4, 0.5) is 5.69 Å². The molecule has 2 fully saturated rings. The summed E-state index contributed by atoms with van der Waals surface area (Å²) in [5.41, 5.74) is 4.19. The van der Waals surface area contributed by atoms with Gasteiger partial charge in [-0.3, -0.25) is 4.90 Å². The molecule has 44 heavy (non-hydrogen) atoms. The Hall–Kier alpha value is -3.55. The first kappa shape index (κ1) is 30.5. The highest BCUT2D eigenvalue weighted by molar-refractivity contribution is 7.89. The third-order valence-electron chi connectivity index (χ3n) is 8.37. The number of aromatic nitrogens is 1. The molecule has 0 unspecified atom stereocenters. The summed E-state index contributed by atoms with van der Waals surface area (Å²) < 4.78 is 54.8. The highest BCUT2D eigenvalue weighted by atomic mass is 32.2. The lowest BCUT2D eigenvalue weighted by Gasteiger charge is -2.30. The van der Waals surface area contributed by atoms with E-state index in [1.807, 2.05) is 42.5 Å². The molecule has 3 aromatic carbocycles. The van der Waals surface area contributed by atoms with Crippen LogP contribution in [0.3, 0.4) is 0 Å². The number of hydrogen-bond acceptors (Lipinski definition) is 7. The molecule has 2 aliphatic rings. The van der Waals surface area contributed by atoms with Gasteiger partial charge in [0.25, 0.3) is 0 Å². The number of rotatable bonds is 9. The number of aliphatic imine (C=N–C) groups is 1. The first-order valence-corrected chi connectivity index (χ1v) is 18.2. The number of likely N-dealkylation sites (tertiary alicyclic amines) is 1. The Morgan fingerprint density at radius 1 is 0.932 bits per heavy atom. The number of piperidine rings is 1. The predicted molar refractivity (Wildman–Crippen MR) is 172 cm³/mol. The molecular formula is C32H37N5O5S2. The summed E-state index contributed by atoms with van der Waals surface area (Å²) in [7, 11) is -7.25. The zero-order valence-corrected chi connectivity index (χ0v) is 26.2. The molecule has 6 rings (SSSR count). The van der Waals surface area contributed by atoms with Crippen molar-refractivity contribution in [2.45, 2.75) is 43.2 Å². The fraction of sp³-hybridized carbons (Fsp3) is 0.344. The molecular weight excluding hydrogens is 599 g/mol. The van der Waals surface area contributed by atoms with Crippen molar-refractivity contribution in [3.8, 4) is 5.88 Å². The molecule has 3 heterocycles. The standard InChI is InChI=1S/C32H37N5O5S2/c1-43(39,40)37-19-15-26(16-20-37)35-44(41,42)27-13-14-29-28(21-27)30(32(38)34-29)31(24-7-3-2-4-8-24)33-25-11-9-23(10-12-25)22-36-17-5-6-18-36/h2-4,7-14,21,26,34-35,38H,5-6,15-20,22H2,1H3. The van der Waals surface area contributed by atoms with Crippen LogP contribution < -0.4 is 4.72 Å². The van der Waals surface area contributed by atoms with Gasteiger partial charge in [0.05, 0.1) is 28.1 Å². The first-order chi connectivity index (χ1) is 21.1. The van der Waals surface area contributed by atoms with Crippen LogP contribution in [0.1, 0.15) is 42.4 Å². The maximum absolute atomic E-state index is 13.5. The Balaban J connectivity index is 1.33. The van der Waals surface area contributed by atoms with E-state index >= 15 is 0 Å². The average Bonchev–Trinajstić information content (AvgIpc) is 3.63. The zero-order chi connectivity index (χ0) is 30.9. The molecule has 4 aromatic rings. The van der Waals surface area contributed by atoms with Crippen LogP contribution in [-0.2, 0) is 26.6 Å². The van der Waals surface area contributed by atoms with E-state index in [1.165, 1.54) is 28.8 Å². The van der Waals surface area contributed by atoms with Crippen molar-refractivity contribution in [1.82, 2.24) is 18.9 Å².